The first kappa shape index (κ1) is 67.7. The van der Waals surface area contributed by atoms with E-state index in [0.717, 1.165) is 6.42 Å². The molecule has 0 nitrogen and oxygen atoms in total. The van der Waals surface area contributed by atoms with Crippen LogP contribution in [-0.4, -0.2) is 0 Å². The van der Waals surface area contributed by atoms with Gasteiger partial charge in [0, 0.05) is 182 Å². The van der Waals surface area contributed by atoms with Crippen LogP contribution in [0.4, 0.5) is 0 Å². The molecule has 11 heavy (non-hydrogen) atoms. The second kappa shape index (κ2) is 73.0. The zero-order valence-corrected chi connectivity index (χ0v) is 26.7. The molecule has 0 aliphatic heterocycles. The van der Waals surface area contributed by atoms with Gasteiger partial charge in [-0.05, 0) is 0 Å². The topological polar surface area (TPSA) is 0 Å². The van der Waals surface area contributed by atoms with E-state index in [4.69, 9.17) is 0 Å². The van der Waals surface area contributed by atoms with Crippen LogP contribution in [0.1, 0.15) is 6.42 Å². The molecule has 0 spiro atoms. The van der Waals surface area contributed by atoms with Crippen molar-refractivity contribution >= 4 is 0 Å². The van der Waals surface area contributed by atoms with E-state index in [0.29, 0.717) is 0 Å². The van der Waals surface area contributed by atoms with E-state index >= 15 is 0 Å². The Kier molecular flexibility index (Phi) is 450. The summed E-state index contributed by atoms with van der Waals surface area (Å²) in [4.78, 5) is 0. The second-order valence-corrected chi connectivity index (χ2v) is 0.354. The molecule has 0 aliphatic carbocycles. The van der Waals surface area contributed by atoms with Crippen LogP contribution < -0.4 is 0 Å². The minimum atomic E-state index is 0. The molecule has 0 amide bonds. The summed E-state index contributed by atoms with van der Waals surface area (Å²) in [5.74, 6) is 0. The van der Waals surface area contributed by atoms with Crippen molar-refractivity contribution in [2.24, 2.45) is 0 Å². The fourth-order valence-corrected chi connectivity index (χ4v) is 0. The molecule has 0 aliphatic rings. The molecule has 0 aromatic heterocycles. The summed E-state index contributed by atoms with van der Waals surface area (Å²) in [7, 11) is 0. The molecule has 0 saturated carbocycles. The number of rotatable bonds is 0. The van der Waals surface area contributed by atoms with Crippen molar-refractivity contribution < 1.29 is 182 Å². The van der Waals surface area contributed by atoms with Crippen molar-refractivity contribution in [2.75, 3.05) is 0 Å². The maximum absolute atomic E-state index is 3.38. The molecule has 61 valence electrons. The molecule has 0 aromatic carbocycles. The molecular formula is C4H9W4Y3-3. The fourth-order valence-electron chi connectivity index (χ4n) is 0. The van der Waals surface area contributed by atoms with Gasteiger partial charge in [0.1, 0.15) is 0 Å². The van der Waals surface area contributed by atoms with E-state index in [1.54, 1.807) is 0 Å². The Bertz CT molecular complexity index is 17.3. The van der Waals surface area contributed by atoms with Gasteiger partial charge in [0.2, 0.25) is 0 Å². The van der Waals surface area contributed by atoms with Crippen molar-refractivity contribution in [1.82, 2.24) is 0 Å². The van der Waals surface area contributed by atoms with E-state index in [-0.39, 0.29) is 190 Å². The van der Waals surface area contributed by atoms with E-state index in [1.165, 1.54) is 0 Å². The van der Waals surface area contributed by atoms with Gasteiger partial charge in [-0.25, -0.2) is 0 Å². The minimum absolute atomic E-state index is 0. The summed E-state index contributed by atoms with van der Waals surface area (Å²) in [6.07, 6.45) is 0.750. The Morgan fingerprint density at radius 2 is 0.636 bits per heavy atom. The van der Waals surface area contributed by atoms with Gasteiger partial charge < -0.3 is 27.7 Å². The van der Waals surface area contributed by atoms with Crippen LogP contribution in [0.15, 0.2) is 0 Å². The van der Waals surface area contributed by atoms with Crippen molar-refractivity contribution in [3.8, 4) is 0 Å². The minimum Gasteiger partial charge on any atom is -0.372 e. The fraction of sp³-hybridized carbons (Fsp3) is 0.250. The summed E-state index contributed by atoms with van der Waals surface area (Å²) >= 11 is 0. The molecule has 0 rings (SSSR count). The molecule has 0 heterocycles. The van der Waals surface area contributed by atoms with E-state index < -0.39 is 0 Å². The standard InChI is InChI=1S/C3H6.CH3.4W.3Y/c1-3-2;;;;;;;;/h1-3H2;1H3;;;;;;;/q-2;-1;;;;;;;. The van der Waals surface area contributed by atoms with Crippen LogP contribution in [0.5, 0.6) is 0 Å². The average Bonchev–Trinajstić information content (AvgIpc) is 0.918. The SMILES string of the molecule is [CH2-]C[CH2-].[CH3-].[W].[W].[W].[W].[Y].[Y].[Y]. The van der Waals surface area contributed by atoms with Gasteiger partial charge in [-0.15, -0.1) is 0 Å². The summed E-state index contributed by atoms with van der Waals surface area (Å²) < 4.78 is 0. The molecule has 7 heteroatoms. The summed E-state index contributed by atoms with van der Waals surface area (Å²) in [5.41, 5.74) is 0. The van der Waals surface area contributed by atoms with Gasteiger partial charge >= 0.3 is 0 Å². The molecule has 0 atom stereocenters. The van der Waals surface area contributed by atoms with Gasteiger partial charge in [-0.2, -0.15) is 0 Å². The average molecular weight is 1060 g/mol. The maximum Gasteiger partial charge on any atom is 0 e. The second-order valence-electron chi connectivity index (χ2n) is 0.354. The third-order valence-electron chi connectivity index (χ3n) is 0. The Hall–Kier alpha value is 6.06. The van der Waals surface area contributed by atoms with Crippen LogP contribution in [0.2, 0.25) is 0 Å². The van der Waals surface area contributed by atoms with Crippen molar-refractivity contribution in [2.45, 2.75) is 6.42 Å². The van der Waals surface area contributed by atoms with Gasteiger partial charge in [-0.1, -0.05) is 0 Å². The Balaban J connectivity index is -0.000000000714. The van der Waals surface area contributed by atoms with E-state index in [2.05, 4.69) is 13.8 Å². The van der Waals surface area contributed by atoms with E-state index in [9.17, 15) is 0 Å². The first-order valence-corrected chi connectivity index (χ1v) is 1.000. The molecule has 0 aromatic rings. The molecule has 3 radical (unpaired) electrons. The van der Waals surface area contributed by atoms with Crippen LogP contribution in [0.25, 0.3) is 0 Å². The van der Waals surface area contributed by atoms with Crippen LogP contribution >= 0.6 is 0 Å². The van der Waals surface area contributed by atoms with Gasteiger partial charge in [-0.3, -0.25) is 0 Å². The van der Waals surface area contributed by atoms with Crippen LogP contribution in [0.3, 0.4) is 0 Å². The third kappa shape index (κ3) is 86.4. The Morgan fingerprint density at radius 3 is 0.636 bits per heavy atom. The van der Waals surface area contributed by atoms with E-state index in [1.807, 2.05) is 0 Å². The molecular weight excluding hydrogens is 1050 g/mol. The predicted molar refractivity (Wildman–Crippen MR) is 21.7 cm³/mol. The van der Waals surface area contributed by atoms with Crippen LogP contribution in [0, 0.1) is 21.3 Å². The smallest absolute Gasteiger partial charge is 0 e. The molecule has 0 unspecified atom stereocenters. The summed E-state index contributed by atoms with van der Waals surface area (Å²) in [6.45, 7) is 6.75. The Labute approximate surface area is 205 Å². The molecule has 0 bridgehead atoms. The first-order valence-electron chi connectivity index (χ1n) is 1.000. The van der Waals surface area contributed by atoms with Gasteiger partial charge in [0.25, 0.3) is 0 Å². The van der Waals surface area contributed by atoms with Crippen LogP contribution in [-0.2, 0) is 182 Å². The molecule has 0 fully saturated rings. The number of hydrogen-bond donors (Lipinski definition) is 0. The quantitative estimate of drug-likeness (QED) is 0.324. The number of hydrogen-bond acceptors (Lipinski definition) is 0. The Morgan fingerprint density at radius 1 is 0.636 bits per heavy atom. The monoisotopic (exact) mass is 1060 g/mol. The first-order chi connectivity index (χ1) is 1.41. The molecule has 0 N–H and O–H groups in total. The molecule has 0 saturated heterocycles. The summed E-state index contributed by atoms with van der Waals surface area (Å²) in [6, 6.07) is 0. The zero-order valence-electron chi connectivity index (χ0n) is 6.49. The zero-order chi connectivity index (χ0) is 2.71. The van der Waals surface area contributed by atoms with Gasteiger partial charge in [0.05, 0.1) is 0 Å². The predicted octanol–water partition coefficient (Wildman–Crippen LogP) is 1.48. The normalized spacial score (nSPS) is 1.64. The van der Waals surface area contributed by atoms with Crippen molar-refractivity contribution in [3.05, 3.63) is 21.3 Å². The largest absolute Gasteiger partial charge is 0.372 e. The third-order valence-corrected chi connectivity index (χ3v) is 0. The summed E-state index contributed by atoms with van der Waals surface area (Å²) in [5, 5.41) is 0. The van der Waals surface area contributed by atoms with Crippen molar-refractivity contribution in [1.29, 1.82) is 0 Å². The maximum atomic E-state index is 3.38. The van der Waals surface area contributed by atoms with Crippen molar-refractivity contribution in [3.63, 3.8) is 0 Å². The van der Waals surface area contributed by atoms with Gasteiger partial charge in [0.15, 0.2) is 0 Å².